The molecule has 5 rings (SSSR count). The van der Waals surface area contributed by atoms with E-state index < -0.39 is 0 Å². The molecule has 0 spiro atoms. The molecule has 0 saturated carbocycles. The van der Waals surface area contributed by atoms with E-state index in [-0.39, 0.29) is 17.9 Å². The topological polar surface area (TPSA) is 87.5 Å². The molecule has 0 aliphatic carbocycles. The average Bonchev–Trinajstić information content (AvgIpc) is 3.52. The summed E-state index contributed by atoms with van der Waals surface area (Å²) in [6, 6.07) is 8.61. The summed E-state index contributed by atoms with van der Waals surface area (Å²) < 4.78 is 1.82. The van der Waals surface area contributed by atoms with Crippen molar-refractivity contribution in [2.75, 3.05) is 18.0 Å². The first-order chi connectivity index (χ1) is 18.4. The number of nitrogens with zero attached hydrogens (tertiary/aromatic N) is 7. The molecule has 2 unspecified atom stereocenters. The van der Waals surface area contributed by atoms with Crippen molar-refractivity contribution < 1.29 is 9.59 Å². The van der Waals surface area contributed by atoms with Crippen molar-refractivity contribution in [3.63, 3.8) is 0 Å². The minimum Gasteiger partial charge on any atom is -0.337 e. The number of fused-ring (bicyclic) bond motifs is 3. The van der Waals surface area contributed by atoms with Crippen molar-refractivity contribution in [1.29, 1.82) is 0 Å². The van der Waals surface area contributed by atoms with Crippen LogP contribution in [0.4, 0.5) is 5.69 Å². The molecule has 0 radical (unpaired) electrons. The van der Waals surface area contributed by atoms with E-state index in [1.165, 1.54) is 0 Å². The predicted molar refractivity (Wildman–Crippen MR) is 148 cm³/mol. The van der Waals surface area contributed by atoms with E-state index in [0.29, 0.717) is 38.6 Å². The highest BCUT2D eigenvalue weighted by atomic mass is 32.1. The highest BCUT2D eigenvalue weighted by Gasteiger charge is 2.35. The van der Waals surface area contributed by atoms with E-state index in [4.69, 9.17) is 0 Å². The number of para-hydroxylation sites is 1. The molecule has 2 aromatic heterocycles. The van der Waals surface area contributed by atoms with Crippen LogP contribution in [0.3, 0.4) is 0 Å². The molecule has 2 aliphatic rings. The summed E-state index contributed by atoms with van der Waals surface area (Å²) in [6.45, 7) is 8.50. The van der Waals surface area contributed by atoms with Crippen LogP contribution in [-0.2, 0) is 29.2 Å². The fraction of sp³-hybridized carbons (Fsp3) is 0.536. The minimum absolute atomic E-state index is 0.0328. The lowest BCUT2D eigenvalue weighted by molar-refractivity contribution is -0.133. The van der Waals surface area contributed by atoms with Crippen LogP contribution < -0.4 is 4.90 Å². The van der Waals surface area contributed by atoms with Gasteiger partial charge in [0.05, 0.1) is 13.1 Å². The first-order valence-corrected chi connectivity index (χ1v) is 14.4. The Labute approximate surface area is 228 Å². The molecule has 10 heteroatoms. The van der Waals surface area contributed by atoms with E-state index in [9.17, 15) is 9.59 Å². The lowest BCUT2D eigenvalue weighted by Crippen LogP contribution is -2.52. The van der Waals surface area contributed by atoms with Gasteiger partial charge in [-0.3, -0.25) is 14.5 Å². The van der Waals surface area contributed by atoms with Gasteiger partial charge in [0.1, 0.15) is 16.7 Å². The first-order valence-electron chi connectivity index (χ1n) is 13.5. The quantitative estimate of drug-likeness (QED) is 0.492. The maximum absolute atomic E-state index is 13.8. The first kappa shape index (κ1) is 26.5. The number of hydrogen-bond acceptors (Lipinski definition) is 7. The summed E-state index contributed by atoms with van der Waals surface area (Å²) >= 11 is 1.68. The zero-order valence-corrected chi connectivity index (χ0v) is 23.4. The largest absolute Gasteiger partial charge is 0.337 e. The number of anilines is 1. The number of benzene rings is 1. The summed E-state index contributed by atoms with van der Waals surface area (Å²) in [5, 5.41) is 7.57. The zero-order chi connectivity index (χ0) is 26.6. The molecule has 0 N–H and O–H groups in total. The number of hydrogen-bond donors (Lipinski definition) is 0. The van der Waals surface area contributed by atoms with Gasteiger partial charge < -0.3 is 9.80 Å². The summed E-state index contributed by atoms with van der Waals surface area (Å²) in [4.78, 5) is 42.1. The maximum Gasteiger partial charge on any atom is 0.224 e. The summed E-state index contributed by atoms with van der Waals surface area (Å²) in [6.07, 6.45) is 6.37. The molecule has 3 aromatic rings. The van der Waals surface area contributed by atoms with Gasteiger partial charge in [-0.1, -0.05) is 24.6 Å². The number of piperidine rings is 1. The molecule has 1 fully saturated rings. The number of thiazole rings is 1. The second-order valence-electron chi connectivity index (χ2n) is 10.4. The lowest BCUT2D eigenvalue weighted by Gasteiger charge is -2.43. The Morgan fingerprint density at radius 1 is 1.11 bits per heavy atom. The van der Waals surface area contributed by atoms with Crippen LogP contribution in [0.25, 0.3) is 0 Å². The number of carbonyl (C=O) groups is 2. The molecule has 2 amide bonds. The van der Waals surface area contributed by atoms with Crippen molar-refractivity contribution in [2.45, 2.75) is 84.6 Å². The third-order valence-electron chi connectivity index (χ3n) is 7.81. The van der Waals surface area contributed by atoms with Crippen LogP contribution in [0.1, 0.15) is 61.2 Å². The van der Waals surface area contributed by atoms with Crippen LogP contribution in [0.15, 0.2) is 35.8 Å². The Kier molecular flexibility index (Phi) is 8.18. The highest BCUT2D eigenvalue weighted by Crippen LogP contribution is 2.32. The molecule has 1 aromatic carbocycles. The second-order valence-corrected chi connectivity index (χ2v) is 11.4. The summed E-state index contributed by atoms with van der Waals surface area (Å²) in [5.41, 5.74) is 1.91. The average molecular weight is 536 g/mol. The Hall–Kier alpha value is -3.11. The van der Waals surface area contributed by atoms with Gasteiger partial charge in [0.15, 0.2) is 0 Å². The molecular weight excluding hydrogens is 498 g/mol. The molecule has 202 valence electrons. The Morgan fingerprint density at radius 3 is 2.66 bits per heavy atom. The third-order valence-corrected chi connectivity index (χ3v) is 8.57. The van der Waals surface area contributed by atoms with Gasteiger partial charge in [-0.15, -0.1) is 11.3 Å². The van der Waals surface area contributed by atoms with Gasteiger partial charge in [-0.2, -0.15) is 5.10 Å². The minimum atomic E-state index is 0.0328. The van der Waals surface area contributed by atoms with E-state index in [0.717, 1.165) is 60.1 Å². The fourth-order valence-corrected chi connectivity index (χ4v) is 6.58. The molecular formula is C28H37N7O2S. The van der Waals surface area contributed by atoms with Gasteiger partial charge in [0, 0.05) is 62.3 Å². The fourth-order valence-electron chi connectivity index (χ4n) is 5.95. The van der Waals surface area contributed by atoms with Crippen LogP contribution in [0, 0.1) is 13.8 Å². The smallest absolute Gasteiger partial charge is 0.224 e. The van der Waals surface area contributed by atoms with Crippen molar-refractivity contribution in [2.24, 2.45) is 0 Å². The highest BCUT2D eigenvalue weighted by molar-refractivity contribution is 7.09. The Morgan fingerprint density at radius 2 is 1.92 bits per heavy atom. The number of aryl methyl sites for hydroxylation is 3. The second kappa shape index (κ2) is 11.7. The van der Waals surface area contributed by atoms with E-state index in [2.05, 4.69) is 20.0 Å². The summed E-state index contributed by atoms with van der Waals surface area (Å²) in [5.74, 6) is 1.66. The number of carbonyl (C=O) groups excluding carboxylic acids is 2. The van der Waals surface area contributed by atoms with Gasteiger partial charge in [0.25, 0.3) is 0 Å². The third kappa shape index (κ3) is 5.96. The van der Waals surface area contributed by atoms with E-state index >= 15 is 0 Å². The maximum atomic E-state index is 13.8. The number of amides is 2. The normalized spacial score (nSPS) is 20.6. The molecule has 4 heterocycles. The van der Waals surface area contributed by atoms with Gasteiger partial charge >= 0.3 is 0 Å². The van der Waals surface area contributed by atoms with Crippen LogP contribution in [0.5, 0.6) is 0 Å². The molecule has 9 nitrogen and oxygen atoms in total. The zero-order valence-electron chi connectivity index (χ0n) is 22.5. The van der Waals surface area contributed by atoms with Crippen molar-refractivity contribution in [3.8, 4) is 0 Å². The number of aromatic nitrogens is 4. The van der Waals surface area contributed by atoms with Crippen LogP contribution in [0.2, 0.25) is 0 Å². The van der Waals surface area contributed by atoms with E-state index in [1.54, 1.807) is 18.3 Å². The molecule has 38 heavy (non-hydrogen) atoms. The monoisotopic (exact) mass is 535 g/mol. The molecule has 2 atom stereocenters. The molecule has 2 bridgehead atoms. The predicted octanol–water partition coefficient (Wildman–Crippen LogP) is 3.95. The Balaban J connectivity index is 1.47. The van der Waals surface area contributed by atoms with Crippen molar-refractivity contribution >= 4 is 28.8 Å². The van der Waals surface area contributed by atoms with E-state index in [1.807, 2.05) is 64.2 Å². The molecule has 1 saturated heterocycles. The van der Waals surface area contributed by atoms with Crippen molar-refractivity contribution in [3.05, 3.63) is 58.1 Å². The molecule has 2 aliphatic heterocycles. The lowest BCUT2D eigenvalue weighted by atomic mass is 9.92. The number of rotatable bonds is 5. The van der Waals surface area contributed by atoms with Crippen LogP contribution >= 0.6 is 11.3 Å². The van der Waals surface area contributed by atoms with Gasteiger partial charge in [-0.05, 0) is 44.7 Å². The summed E-state index contributed by atoms with van der Waals surface area (Å²) in [7, 11) is 0. The SMILES string of the molecule is CC(=O)N1CCC2CCCC(CN(C(=O)CCn3nc(C)nc3C)Cc3ccccc31)N2Cc1nccs1. The Bertz CT molecular complexity index is 1260. The van der Waals surface area contributed by atoms with Crippen molar-refractivity contribution in [1.82, 2.24) is 29.5 Å². The van der Waals surface area contributed by atoms with Gasteiger partial charge in [-0.25, -0.2) is 14.6 Å². The van der Waals surface area contributed by atoms with Gasteiger partial charge in [0.2, 0.25) is 11.8 Å². The van der Waals surface area contributed by atoms with Crippen LogP contribution in [-0.4, -0.2) is 66.5 Å². The standard InChI is InChI=1S/C28H37N7O2S/c1-20-30-21(2)35(31-20)15-12-28(37)32-17-23-7-4-5-10-26(23)33(22(3)36)14-11-24-8-6-9-25(18-32)34(24)19-27-29-13-16-38-27/h4-5,7,10,13,16,24-25H,6,8-9,11-12,14-15,17-19H2,1-3H3.